The summed E-state index contributed by atoms with van der Waals surface area (Å²) < 4.78 is 142. The van der Waals surface area contributed by atoms with Gasteiger partial charge >= 0.3 is 0 Å². The van der Waals surface area contributed by atoms with Gasteiger partial charge in [0.1, 0.15) is 11.2 Å². The summed E-state index contributed by atoms with van der Waals surface area (Å²) in [6.45, 7) is 0. The minimum Gasteiger partial charge on any atom is -0.455 e. The normalized spacial score (nSPS) is 16.0. The largest absolute Gasteiger partial charge is 0.455 e. The van der Waals surface area contributed by atoms with Gasteiger partial charge in [0.05, 0.1) is 20.6 Å². The number of rotatable bonds is 3. The van der Waals surface area contributed by atoms with E-state index in [1.54, 1.807) is 12.1 Å². The highest BCUT2D eigenvalue weighted by molar-refractivity contribution is 6.25. The number of fused-ring (bicyclic) bond motifs is 9. The van der Waals surface area contributed by atoms with E-state index in [1.165, 1.54) is 0 Å². The Bertz CT molecular complexity index is 3980. The first-order valence-corrected chi connectivity index (χ1v) is 16.4. The molecule has 0 aliphatic carbocycles. The maximum Gasteiger partial charge on any atom is 0.143 e. The average molecular weight is 662 g/mol. The number of hydrogen-bond acceptors (Lipinski definition) is 1. The van der Waals surface area contributed by atoms with Crippen LogP contribution in [0.4, 0.5) is 0 Å². The van der Waals surface area contributed by atoms with Crippen LogP contribution in [0.25, 0.3) is 109 Å². The van der Waals surface area contributed by atoms with Crippen molar-refractivity contribution in [1.29, 1.82) is 0 Å². The first-order valence-electron chi connectivity index (χ1n) is 23.9. The predicted molar refractivity (Wildman–Crippen MR) is 218 cm³/mol. The van der Waals surface area contributed by atoms with Crippen LogP contribution in [0.1, 0.15) is 20.6 Å². The van der Waals surface area contributed by atoms with E-state index in [0.717, 1.165) is 38.3 Å². The van der Waals surface area contributed by atoms with Gasteiger partial charge in [0.2, 0.25) is 0 Å². The van der Waals surface area contributed by atoms with Crippen molar-refractivity contribution in [2.45, 2.75) is 0 Å². The van der Waals surface area contributed by atoms with Crippen molar-refractivity contribution >= 4 is 75.8 Å². The molecule has 1 heteroatoms. The second-order valence-corrected chi connectivity index (χ2v) is 12.4. The highest BCUT2D eigenvalue weighted by Crippen LogP contribution is 2.47. The summed E-state index contributed by atoms with van der Waals surface area (Å²) in [4.78, 5) is 0. The van der Waals surface area contributed by atoms with Gasteiger partial charge in [-0.25, -0.2) is 0 Å². The fraction of sp³-hybridized carbons (Fsp3) is 0. The summed E-state index contributed by atoms with van der Waals surface area (Å²) >= 11 is 0. The van der Waals surface area contributed by atoms with Crippen molar-refractivity contribution in [1.82, 2.24) is 0 Å². The molecule has 0 atom stereocenters. The topological polar surface area (TPSA) is 13.1 Å². The molecule has 51 heavy (non-hydrogen) atoms. The van der Waals surface area contributed by atoms with Gasteiger partial charge in [-0.1, -0.05) is 163 Å². The lowest BCUT2D eigenvalue weighted by Crippen LogP contribution is -1.92. The van der Waals surface area contributed by atoms with Crippen LogP contribution in [-0.4, -0.2) is 0 Å². The first kappa shape index (κ1) is 17.3. The molecule has 0 unspecified atom stereocenters. The van der Waals surface area contributed by atoms with Crippen LogP contribution in [0.3, 0.4) is 0 Å². The first-order chi connectivity index (χ1) is 31.6. The Hall–Kier alpha value is -6.70. The van der Waals surface area contributed by atoms with E-state index in [0.29, 0.717) is 21.9 Å². The molecular weight excluding hydrogens is 617 g/mol. The second-order valence-electron chi connectivity index (χ2n) is 12.4. The lowest BCUT2D eigenvalue weighted by molar-refractivity contribution is 0.673. The van der Waals surface area contributed by atoms with Crippen molar-refractivity contribution < 1.29 is 25.0 Å². The van der Waals surface area contributed by atoms with Gasteiger partial charge in [0, 0.05) is 16.2 Å². The average Bonchev–Trinajstić information content (AvgIpc) is 3.72. The Balaban J connectivity index is 1.33. The van der Waals surface area contributed by atoms with E-state index in [2.05, 4.69) is 0 Å². The molecular formula is C50H30O. The van der Waals surface area contributed by atoms with Crippen molar-refractivity contribution in [3.05, 3.63) is 182 Å². The van der Waals surface area contributed by atoms with E-state index >= 15 is 0 Å². The molecule has 0 N–H and O–H groups in total. The van der Waals surface area contributed by atoms with Crippen LogP contribution in [0.2, 0.25) is 0 Å². The Morgan fingerprint density at radius 2 is 0.980 bits per heavy atom. The van der Waals surface area contributed by atoms with Crippen LogP contribution < -0.4 is 0 Å². The highest BCUT2D eigenvalue weighted by atomic mass is 16.3. The molecule has 10 aromatic carbocycles. The highest BCUT2D eigenvalue weighted by Gasteiger charge is 2.20. The fourth-order valence-electron chi connectivity index (χ4n) is 7.59. The van der Waals surface area contributed by atoms with Gasteiger partial charge in [-0.15, -0.1) is 0 Å². The van der Waals surface area contributed by atoms with E-state index in [9.17, 15) is 8.22 Å². The molecule has 0 aliphatic heterocycles. The van der Waals surface area contributed by atoms with E-state index in [4.69, 9.17) is 16.8 Å². The van der Waals surface area contributed by atoms with Crippen LogP contribution in [-0.2, 0) is 0 Å². The summed E-state index contributed by atoms with van der Waals surface area (Å²) in [6, 6.07) is 18.8. The molecule has 1 nitrogen and oxygen atoms in total. The third-order valence-corrected chi connectivity index (χ3v) is 9.74. The minimum absolute atomic E-state index is 0.0378. The molecule has 0 radical (unpaired) electrons. The monoisotopic (exact) mass is 661 g/mol. The molecule has 1 aromatic heterocycles. The smallest absolute Gasteiger partial charge is 0.143 e. The summed E-state index contributed by atoms with van der Waals surface area (Å²) in [7, 11) is 0. The Kier molecular flexibility index (Phi) is 3.70. The second kappa shape index (κ2) is 10.9. The van der Waals surface area contributed by atoms with Gasteiger partial charge in [-0.3, -0.25) is 0 Å². The quantitative estimate of drug-likeness (QED) is 0.172. The number of hydrogen-bond donors (Lipinski definition) is 0. The summed E-state index contributed by atoms with van der Waals surface area (Å²) in [5.74, 6) is 0. The standard InChI is InChI=1S/C50H30O/c1-2-14-33-30-34(27-26-31(33)12-1)47-41-16-5-7-18-43(41)48(44-19-8-6-17-42(44)47)39-23-10-20-36-37(39)21-9-22-38(36)40-24-11-25-46-49(40)45-29-28-32-13-3-4-15-35(32)50(45)51-46/h1-30H/i1D,2D,5D,6D,7D,8D,12D,14D,16D,17D,18D,19D,26D,27D,30D. The van der Waals surface area contributed by atoms with Gasteiger partial charge in [-0.2, -0.15) is 0 Å². The van der Waals surface area contributed by atoms with Crippen molar-refractivity contribution in [2.24, 2.45) is 0 Å². The molecule has 0 aliphatic rings. The lowest BCUT2D eigenvalue weighted by Gasteiger charge is -2.19. The lowest BCUT2D eigenvalue weighted by atomic mass is 9.83. The Morgan fingerprint density at radius 3 is 1.76 bits per heavy atom. The molecule has 0 fully saturated rings. The zero-order chi connectivity index (χ0) is 46.5. The Morgan fingerprint density at radius 1 is 0.373 bits per heavy atom. The molecule has 0 saturated heterocycles. The molecule has 0 saturated carbocycles. The predicted octanol–water partition coefficient (Wildman–Crippen LogP) is 14.4. The van der Waals surface area contributed by atoms with Crippen molar-refractivity contribution in [2.75, 3.05) is 0 Å². The van der Waals surface area contributed by atoms with Gasteiger partial charge in [0.15, 0.2) is 0 Å². The van der Waals surface area contributed by atoms with Gasteiger partial charge < -0.3 is 4.42 Å². The molecule has 236 valence electrons. The van der Waals surface area contributed by atoms with E-state index in [1.807, 2.05) is 78.9 Å². The maximum atomic E-state index is 9.53. The maximum absolute atomic E-state index is 9.53. The summed E-state index contributed by atoms with van der Waals surface area (Å²) in [6.07, 6.45) is 0. The molecule has 1 heterocycles. The molecule has 0 bridgehead atoms. The van der Waals surface area contributed by atoms with Crippen LogP contribution in [0.15, 0.2) is 186 Å². The van der Waals surface area contributed by atoms with Gasteiger partial charge in [0.25, 0.3) is 0 Å². The zero-order valence-corrected chi connectivity index (χ0v) is 26.6. The minimum atomic E-state index is -0.739. The van der Waals surface area contributed by atoms with Crippen molar-refractivity contribution in [3.8, 4) is 33.4 Å². The number of benzene rings is 10. The van der Waals surface area contributed by atoms with Crippen LogP contribution in [0, 0.1) is 0 Å². The molecule has 0 spiro atoms. The van der Waals surface area contributed by atoms with Crippen molar-refractivity contribution in [3.63, 3.8) is 0 Å². The zero-order valence-electron chi connectivity index (χ0n) is 41.6. The third-order valence-electron chi connectivity index (χ3n) is 9.74. The fourth-order valence-corrected chi connectivity index (χ4v) is 7.59. The van der Waals surface area contributed by atoms with E-state index in [-0.39, 0.29) is 32.7 Å². The summed E-state index contributed by atoms with van der Waals surface area (Å²) in [5.41, 5.74) is 2.54. The molecule has 11 rings (SSSR count). The van der Waals surface area contributed by atoms with Crippen LogP contribution >= 0.6 is 0 Å². The van der Waals surface area contributed by atoms with Gasteiger partial charge in [-0.05, 0) is 100 Å². The number of furan rings is 1. The third kappa shape index (κ3) is 4.16. The molecule has 11 aromatic rings. The Labute approximate surface area is 315 Å². The van der Waals surface area contributed by atoms with Crippen LogP contribution in [0.5, 0.6) is 0 Å². The van der Waals surface area contributed by atoms with E-state index < -0.39 is 107 Å². The SMILES string of the molecule is [2H]c1c([2H])c([2H])c2c([2H])c(-c3c4c([2H])c([2H])c([2H])c([2H])c4c(-c4cccc5c(-c6cccc7oc8c9ccccc9ccc8c67)cccc45)c4c([2H])c([2H])c([2H])c([2H])c34)c([2H])c([2H])c2c1[2H]. The molecule has 0 amide bonds. The summed E-state index contributed by atoms with van der Waals surface area (Å²) in [5, 5.41) is 3.21.